The summed E-state index contributed by atoms with van der Waals surface area (Å²) in [6, 6.07) is 17.4. The van der Waals surface area contributed by atoms with Gasteiger partial charge in [0.05, 0.1) is 17.7 Å². The fourth-order valence-electron chi connectivity index (χ4n) is 4.62. The van der Waals surface area contributed by atoms with Gasteiger partial charge in [-0.25, -0.2) is 13.2 Å². The summed E-state index contributed by atoms with van der Waals surface area (Å²) in [6.45, 7) is 10.5. The molecule has 0 unspecified atom stereocenters. The molecule has 0 bridgehead atoms. The minimum absolute atomic E-state index is 0.00958. The van der Waals surface area contributed by atoms with E-state index in [-0.39, 0.29) is 16.6 Å². The van der Waals surface area contributed by atoms with Crippen molar-refractivity contribution in [3.05, 3.63) is 78.1 Å². The number of anilines is 2. The summed E-state index contributed by atoms with van der Waals surface area (Å²) in [5, 5.41) is 6.15. The highest BCUT2D eigenvalue weighted by atomic mass is 32.2. The number of amides is 2. The third-order valence-electron chi connectivity index (χ3n) is 6.84. The largest absolute Gasteiger partial charge is 0.468 e. The molecule has 0 radical (unpaired) electrons. The first-order chi connectivity index (χ1) is 21.1. The van der Waals surface area contributed by atoms with E-state index in [1.807, 2.05) is 0 Å². The van der Waals surface area contributed by atoms with Crippen LogP contribution in [0.5, 0.6) is 0 Å². The fourth-order valence-corrected chi connectivity index (χ4v) is 5.95. The average Bonchev–Trinajstić information content (AvgIpc) is 3.32. The summed E-state index contributed by atoms with van der Waals surface area (Å²) >= 11 is 0. The summed E-state index contributed by atoms with van der Waals surface area (Å²) in [6.07, 6.45) is -0.618. The van der Waals surface area contributed by atoms with Gasteiger partial charge in [-0.3, -0.25) is 14.9 Å². The second kappa shape index (κ2) is 13.1. The van der Waals surface area contributed by atoms with E-state index < -0.39 is 39.6 Å². The average molecular weight is 636 g/mol. The van der Waals surface area contributed by atoms with Crippen LogP contribution in [0.25, 0.3) is 22.1 Å². The Hall–Kier alpha value is -4.68. The maximum absolute atomic E-state index is 13.2. The SMILES string of the molecule is COC(=O)[C@@H](NS(=O)(=O)c1ccc(-c2ccc(NC(=O)c3oc4cccc(NC(=O)OC(C)(C)C)c4c3C)cc2)cc1)C(C)C. The fraction of sp³-hybridized carbons (Fsp3) is 0.303. The number of fused-ring (bicyclic) bond motifs is 1. The van der Waals surface area contributed by atoms with Crippen LogP contribution in [0.1, 0.15) is 50.7 Å². The standard InChI is InChI=1S/C33H37N3O8S/c1-19(2)28(31(38)42-7)36-45(40,41)24-17-13-22(14-18-24)21-11-15-23(16-12-21)34-30(37)29-20(3)27-25(9-8-10-26(27)43-29)35-32(39)44-33(4,5)6/h8-19,28,36H,1-7H3,(H,34,37)(H,35,39)/t28-/m0/s1. The molecule has 1 atom stereocenters. The summed E-state index contributed by atoms with van der Waals surface area (Å²) in [5.74, 6) is -1.33. The van der Waals surface area contributed by atoms with Gasteiger partial charge >= 0.3 is 12.1 Å². The second-order valence-electron chi connectivity index (χ2n) is 11.8. The normalized spacial score (nSPS) is 12.5. The third kappa shape index (κ3) is 7.89. The molecule has 0 aliphatic heterocycles. The molecule has 11 nitrogen and oxygen atoms in total. The number of hydrogen-bond donors (Lipinski definition) is 3. The predicted octanol–water partition coefficient (Wildman–Crippen LogP) is 6.48. The molecular weight excluding hydrogens is 598 g/mol. The van der Waals surface area contributed by atoms with Gasteiger partial charge in [-0.15, -0.1) is 0 Å². The molecule has 3 N–H and O–H groups in total. The van der Waals surface area contributed by atoms with E-state index in [0.717, 1.165) is 11.1 Å². The van der Waals surface area contributed by atoms with Gasteiger partial charge in [-0.05, 0) is 81.1 Å². The van der Waals surface area contributed by atoms with Crippen molar-refractivity contribution < 1.29 is 36.7 Å². The van der Waals surface area contributed by atoms with Crippen LogP contribution in [-0.4, -0.2) is 45.1 Å². The summed E-state index contributed by atoms with van der Waals surface area (Å²) in [5.41, 5.74) is 2.84. The molecule has 0 fully saturated rings. The smallest absolute Gasteiger partial charge is 0.412 e. The van der Waals surface area contributed by atoms with Gasteiger partial charge in [0, 0.05) is 16.6 Å². The zero-order valence-corrected chi connectivity index (χ0v) is 27.0. The van der Waals surface area contributed by atoms with Crippen LogP contribution in [0.2, 0.25) is 0 Å². The first-order valence-corrected chi connectivity index (χ1v) is 15.7. The topological polar surface area (TPSA) is 153 Å². The highest BCUT2D eigenvalue weighted by Gasteiger charge is 2.29. The molecule has 1 aromatic heterocycles. The molecule has 0 spiro atoms. The van der Waals surface area contributed by atoms with Crippen molar-refractivity contribution in [3.63, 3.8) is 0 Å². The van der Waals surface area contributed by atoms with E-state index in [0.29, 0.717) is 27.9 Å². The Kier molecular flexibility index (Phi) is 9.69. The van der Waals surface area contributed by atoms with Gasteiger partial charge < -0.3 is 19.2 Å². The number of ether oxygens (including phenoxy) is 2. The number of benzene rings is 3. The molecular formula is C33H37N3O8S. The van der Waals surface area contributed by atoms with E-state index in [2.05, 4.69) is 15.4 Å². The number of esters is 1. The number of sulfonamides is 1. The zero-order valence-electron chi connectivity index (χ0n) is 26.2. The molecule has 3 aromatic carbocycles. The summed E-state index contributed by atoms with van der Waals surface area (Å²) < 4.78 is 44.1. The van der Waals surface area contributed by atoms with Crippen LogP contribution < -0.4 is 15.4 Å². The van der Waals surface area contributed by atoms with Crippen LogP contribution in [0.15, 0.2) is 76.0 Å². The quantitative estimate of drug-likeness (QED) is 0.177. The van der Waals surface area contributed by atoms with Crippen molar-refractivity contribution in [2.24, 2.45) is 5.92 Å². The minimum atomic E-state index is -3.97. The number of furan rings is 1. The van der Waals surface area contributed by atoms with Crippen LogP contribution in [0.4, 0.5) is 16.2 Å². The van der Waals surface area contributed by atoms with E-state index in [1.165, 1.54) is 19.2 Å². The van der Waals surface area contributed by atoms with Gasteiger partial charge in [0.25, 0.3) is 5.91 Å². The van der Waals surface area contributed by atoms with Gasteiger partial charge in [0.2, 0.25) is 10.0 Å². The summed E-state index contributed by atoms with van der Waals surface area (Å²) in [4.78, 5) is 37.6. The lowest BCUT2D eigenvalue weighted by atomic mass is 10.1. The Balaban J connectivity index is 1.47. The number of hydrogen-bond acceptors (Lipinski definition) is 8. The highest BCUT2D eigenvalue weighted by Crippen LogP contribution is 2.33. The molecule has 0 aliphatic carbocycles. The number of carbonyl (C=O) groups excluding carboxylic acids is 3. The number of aryl methyl sites for hydroxylation is 1. The first kappa shape index (κ1) is 33.2. The van der Waals surface area contributed by atoms with Crippen LogP contribution in [0, 0.1) is 12.8 Å². The van der Waals surface area contributed by atoms with Gasteiger partial charge in [0.15, 0.2) is 5.76 Å². The molecule has 4 rings (SSSR count). The van der Waals surface area contributed by atoms with Crippen molar-refractivity contribution in [1.82, 2.24) is 4.72 Å². The van der Waals surface area contributed by atoms with Crippen LogP contribution in [-0.2, 0) is 24.3 Å². The maximum Gasteiger partial charge on any atom is 0.412 e. The molecule has 12 heteroatoms. The van der Waals surface area contributed by atoms with Gasteiger partial charge in [-0.1, -0.05) is 44.2 Å². The van der Waals surface area contributed by atoms with E-state index >= 15 is 0 Å². The molecule has 0 saturated heterocycles. The monoisotopic (exact) mass is 635 g/mol. The molecule has 238 valence electrons. The van der Waals surface area contributed by atoms with Crippen molar-refractivity contribution in [2.75, 3.05) is 17.7 Å². The highest BCUT2D eigenvalue weighted by molar-refractivity contribution is 7.89. The molecule has 45 heavy (non-hydrogen) atoms. The number of carbonyl (C=O) groups is 3. The van der Waals surface area contributed by atoms with Gasteiger partial charge in [-0.2, -0.15) is 4.72 Å². The maximum atomic E-state index is 13.2. The minimum Gasteiger partial charge on any atom is -0.468 e. The number of nitrogens with one attached hydrogen (secondary N) is 3. The Bertz CT molecular complexity index is 1820. The Morgan fingerprint density at radius 1 is 0.867 bits per heavy atom. The van der Waals surface area contributed by atoms with Gasteiger partial charge in [0.1, 0.15) is 17.2 Å². The first-order valence-electron chi connectivity index (χ1n) is 14.2. The summed E-state index contributed by atoms with van der Waals surface area (Å²) in [7, 11) is -2.76. The lowest BCUT2D eigenvalue weighted by molar-refractivity contribution is -0.143. The lowest BCUT2D eigenvalue weighted by Crippen LogP contribution is -2.44. The van der Waals surface area contributed by atoms with Crippen LogP contribution in [0.3, 0.4) is 0 Å². The second-order valence-corrected chi connectivity index (χ2v) is 13.5. The van der Waals surface area contributed by atoms with Crippen molar-refractivity contribution >= 4 is 50.3 Å². The molecule has 2 amide bonds. The molecule has 0 saturated carbocycles. The van der Waals surface area contributed by atoms with E-state index in [4.69, 9.17) is 13.9 Å². The van der Waals surface area contributed by atoms with Crippen molar-refractivity contribution in [1.29, 1.82) is 0 Å². The lowest BCUT2D eigenvalue weighted by Gasteiger charge is -2.19. The molecule has 1 heterocycles. The molecule has 4 aromatic rings. The molecule has 0 aliphatic rings. The van der Waals surface area contributed by atoms with E-state index in [9.17, 15) is 22.8 Å². The Morgan fingerprint density at radius 2 is 1.47 bits per heavy atom. The van der Waals surface area contributed by atoms with E-state index in [1.54, 1.807) is 96.1 Å². The zero-order chi connectivity index (χ0) is 33.1. The van der Waals surface area contributed by atoms with Crippen molar-refractivity contribution in [3.8, 4) is 11.1 Å². The number of methoxy groups -OCH3 is 1. The Labute approximate surface area is 262 Å². The predicted molar refractivity (Wildman–Crippen MR) is 172 cm³/mol. The van der Waals surface area contributed by atoms with Crippen molar-refractivity contribution in [2.45, 2.75) is 58.1 Å². The Morgan fingerprint density at radius 3 is 2.02 bits per heavy atom. The third-order valence-corrected chi connectivity index (χ3v) is 8.30. The number of rotatable bonds is 9. The van der Waals surface area contributed by atoms with Crippen LogP contribution >= 0.6 is 0 Å².